The highest BCUT2D eigenvalue weighted by atomic mass is 35.5. The average molecular weight is 363 g/mol. The SMILES string of the molecule is O=C(N[C@@H]1CCN(Cc2cc(F)cc(Cl)c2)C[C@H]1O)c1ccccc1. The normalized spacial score (nSPS) is 21.1. The molecule has 1 aliphatic rings. The average Bonchev–Trinajstić information content (AvgIpc) is 2.57. The maximum absolute atomic E-state index is 13.4. The Hall–Kier alpha value is -1.95. The summed E-state index contributed by atoms with van der Waals surface area (Å²) < 4.78 is 13.4. The van der Waals surface area contributed by atoms with Crippen LogP contribution in [0.15, 0.2) is 48.5 Å². The largest absolute Gasteiger partial charge is 0.390 e. The van der Waals surface area contributed by atoms with Gasteiger partial charge in [0.15, 0.2) is 0 Å². The van der Waals surface area contributed by atoms with Crippen molar-refractivity contribution in [2.24, 2.45) is 0 Å². The first-order valence-electron chi connectivity index (χ1n) is 8.22. The van der Waals surface area contributed by atoms with Crippen LogP contribution in [0.1, 0.15) is 22.3 Å². The van der Waals surface area contributed by atoms with Gasteiger partial charge in [0.2, 0.25) is 0 Å². The Labute approximate surface area is 151 Å². The molecule has 0 radical (unpaired) electrons. The van der Waals surface area contributed by atoms with E-state index in [0.717, 1.165) is 5.56 Å². The maximum atomic E-state index is 13.4. The van der Waals surface area contributed by atoms with Crippen molar-refractivity contribution in [2.75, 3.05) is 13.1 Å². The van der Waals surface area contributed by atoms with Crippen LogP contribution in [0.25, 0.3) is 0 Å². The first-order chi connectivity index (χ1) is 12.0. The van der Waals surface area contributed by atoms with Crippen molar-refractivity contribution in [3.8, 4) is 0 Å². The molecule has 1 amide bonds. The fourth-order valence-corrected chi connectivity index (χ4v) is 3.36. The number of benzene rings is 2. The second-order valence-electron chi connectivity index (χ2n) is 6.31. The molecular formula is C19H20ClFN2O2. The lowest BCUT2D eigenvalue weighted by atomic mass is 10.0. The van der Waals surface area contributed by atoms with Crippen LogP contribution in [-0.4, -0.2) is 41.1 Å². The molecule has 4 nitrogen and oxygen atoms in total. The molecule has 1 aliphatic heterocycles. The lowest BCUT2D eigenvalue weighted by molar-refractivity contribution is 0.0349. The third kappa shape index (κ3) is 4.78. The van der Waals surface area contributed by atoms with Gasteiger partial charge in [-0.15, -0.1) is 0 Å². The van der Waals surface area contributed by atoms with Crippen LogP contribution < -0.4 is 5.32 Å². The summed E-state index contributed by atoms with van der Waals surface area (Å²) in [5.74, 6) is -0.553. The summed E-state index contributed by atoms with van der Waals surface area (Å²) in [6.07, 6.45) is -0.0477. The van der Waals surface area contributed by atoms with Gasteiger partial charge in [-0.1, -0.05) is 29.8 Å². The van der Waals surface area contributed by atoms with Crippen LogP contribution in [-0.2, 0) is 6.54 Å². The van der Waals surface area contributed by atoms with Gasteiger partial charge in [-0.25, -0.2) is 4.39 Å². The molecule has 0 spiro atoms. The topological polar surface area (TPSA) is 52.6 Å². The number of nitrogens with one attached hydrogen (secondary N) is 1. The lowest BCUT2D eigenvalue weighted by Crippen LogP contribution is -2.53. The number of halogens is 2. The third-order valence-corrected chi connectivity index (χ3v) is 4.57. The Morgan fingerprint density at radius 3 is 2.72 bits per heavy atom. The summed E-state index contributed by atoms with van der Waals surface area (Å²) in [5.41, 5.74) is 1.34. The highest BCUT2D eigenvalue weighted by Gasteiger charge is 2.29. The minimum Gasteiger partial charge on any atom is -0.390 e. The van der Waals surface area contributed by atoms with E-state index < -0.39 is 6.10 Å². The van der Waals surface area contributed by atoms with Gasteiger partial charge in [0.25, 0.3) is 5.91 Å². The molecule has 25 heavy (non-hydrogen) atoms. The third-order valence-electron chi connectivity index (χ3n) is 4.35. The summed E-state index contributed by atoms with van der Waals surface area (Å²) in [7, 11) is 0. The minimum absolute atomic E-state index is 0.185. The van der Waals surface area contributed by atoms with Gasteiger partial charge in [-0.2, -0.15) is 0 Å². The van der Waals surface area contributed by atoms with Crippen LogP contribution in [0.4, 0.5) is 4.39 Å². The molecular weight excluding hydrogens is 343 g/mol. The van der Waals surface area contributed by atoms with E-state index in [1.165, 1.54) is 12.1 Å². The number of β-amino-alcohol motifs (C(OH)–C–C–N with tert-alkyl or cyclic N) is 1. The summed E-state index contributed by atoms with van der Waals surface area (Å²) in [5, 5.41) is 13.6. The first kappa shape index (κ1) is 17.9. The Kier molecular flexibility index (Phi) is 5.68. The van der Waals surface area contributed by atoms with Crippen LogP contribution in [0.3, 0.4) is 0 Å². The molecule has 2 aromatic rings. The predicted octanol–water partition coefficient (Wildman–Crippen LogP) is 2.84. The molecule has 0 bridgehead atoms. The molecule has 2 N–H and O–H groups in total. The van der Waals surface area contributed by atoms with Gasteiger partial charge in [0.05, 0.1) is 12.1 Å². The van der Waals surface area contributed by atoms with E-state index in [0.29, 0.717) is 36.6 Å². The number of carbonyl (C=O) groups is 1. The number of hydrogen-bond donors (Lipinski definition) is 2. The number of amides is 1. The van der Waals surface area contributed by atoms with E-state index in [4.69, 9.17) is 11.6 Å². The molecule has 6 heteroatoms. The molecule has 2 aromatic carbocycles. The summed E-state index contributed by atoms with van der Waals surface area (Å²) in [6, 6.07) is 13.1. The van der Waals surface area contributed by atoms with Crippen LogP contribution >= 0.6 is 11.6 Å². The first-order valence-corrected chi connectivity index (χ1v) is 8.60. The van der Waals surface area contributed by atoms with Crippen LogP contribution in [0.2, 0.25) is 5.02 Å². The number of likely N-dealkylation sites (tertiary alicyclic amines) is 1. The zero-order valence-corrected chi connectivity index (χ0v) is 14.4. The molecule has 0 aliphatic carbocycles. The van der Waals surface area contributed by atoms with Crippen molar-refractivity contribution >= 4 is 17.5 Å². The molecule has 3 rings (SSSR count). The second-order valence-corrected chi connectivity index (χ2v) is 6.75. The smallest absolute Gasteiger partial charge is 0.251 e. The fraction of sp³-hybridized carbons (Fsp3) is 0.316. The number of piperidine rings is 1. The molecule has 1 heterocycles. The molecule has 132 valence electrons. The van der Waals surface area contributed by atoms with E-state index >= 15 is 0 Å². The maximum Gasteiger partial charge on any atom is 0.251 e. The Bertz CT molecular complexity index is 721. The van der Waals surface area contributed by atoms with Crippen molar-refractivity contribution < 1.29 is 14.3 Å². The molecule has 0 unspecified atom stereocenters. The standard InChI is InChI=1S/C19H20ClFN2O2/c20-15-8-13(9-16(21)10-15)11-23-7-6-17(18(24)12-23)22-19(25)14-4-2-1-3-5-14/h1-5,8-10,17-18,24H,6-7,11-12H2,(H,22,25)/t17-,18-/m1/s1. The van der Waals surface area contributed by atoms with Crippen molar-refractivity contribution in [3.05, 3.63) is 70.5 Å². The minimum atomic E-state index is -0.676. The number of nitrogens with zero attached hydrogens (tertiary/aromatic N) is 1. The summed E-state index contributed by atoms with van der Waals surface area (Å²) >= 11 is 5.88. The quantitative estimate of drug-likeness (QED) is 0.879. The van der Waals surface area contributed by atoms with Gasteiger partial charge in [0.1, 0.15) is 5.82 Å². The van der Waals surface area contributed by atoms with Crippen molar-refractivity contribution in [3.63, 3.8) is 0 Å². The Balaban J connectivity index is 1.56. The zero-order valence-electron chi connectivity index (χ0n) is 13.7. The zero-order chi connectivity index (χ0) is 17.8. The van der Waals surface area contributed by atoms with Crippen LogP contribution in [0.5, 0.6) is 0 Å². The molecule has 2 atom stereocenters. The molecule has 1 fully saturated rings. The van der Waals surface area contributed by atoms with Crippen LogP contribution in [0, 0.1) is 5.82 Å². The van der Waals surface area contributed by atoms with E-state index in [2.05, 4.69) is 5.32 Å². The summed E-state index contributed by atoms with van der Waals surface area (Å²) in [6.45, 7) is 1.62. The van der Waals surface area contributed by atoms with Gasteiger partial charge >= 0.3 is 0 Å². The van der Waals surface area contributed by atoms with Gasteiger partial charge in [-0.3, -0.25) is 9.69 Å². The Morgan fingerprint density at radius 2 is 2.04 bits per heavy atom. The number of rotatable bonds is 4. The second kappa shape index (κ2) is 7.95. The summed E-state index contributed by atoms with van der Waals surface area (Å²) in [4.78, 5) is 14.2. The Morgan fingerprint density at radius 1 is 1.28 bits per heavy atom. The van der Waals surface area contributed by atoms with Gasteiger partial charge in [0, 0.05) is 30.2 Å². The number of hydrogen-bond acceptors (Lipinski definition) is 3. The lowest BCUT2D eigenvalue weighted by Gasteiger charge is -2.36. The number of carbonyl (C=O) groups excluding carboxylic acids is 1. The number of aliphatic hydroxyl groups excluding tert-OH is 1. The van der Waals surface area contributed by atoms with Gasteiger partial charge in [-0.05, 0) is 42.3 Å². The fourth-order valence-electron chi connectivity index (χ4n) is 3.11. The van der Waals surface area contributed by atoms with E-state index in [9.17, 15) is 14.3 Å². The van der Waals surface area contributed by atoms with Crippen molar-refractivity contribution in [1.29, 1.82) is 0 Å². The van der Waals surface area contributed by atoms with Crippen molar-refractivity contribution in [1.82, 2.24) is 10.2 Å². The molecule has 0 saturated carbocycles. The molecule has 1 saturated heterocycles. The number of aliphatic hydroxyl groups is 1. The highest BCUT2D eigenvalue weighted by Crippen LogP contribution is 2.19. The molecule has 0 aromatic heterocycles. The van der Waals surface area contributed by atoms with Gasteiger partial charge < -0.3 is 10.4 Å². The van der Waals surface area contributed by atoms with E-state index in [1.54, 1.807) is 30.3 Å². The van der Waals surface area contributed by atoms with E-state index in [1.807, 2.05) is 11.0 Å². The van der Waals surface area contributed by atoms with E-state index in [-0.39, 0.29) is 17.8 Å². The highest BCUT2D eigenvalue weighted by molar-refractivity contribution is 6.30. The predicted molar refractivity (Wildman–Crippen MR) is 95.0 cm³/mol. The van der Waals surface area contributed by atoms with Crippen molar-refractivity contribution in [2.45, 2.75) is 25.1 Å². The monoisotopic (exact) mass is 362 g/mol.